The number of aromatic nitrogens is 1. The SMILES string of the molecule is Cl.O=S(=O)(Cl)c1ccc2cccnc2c1. The summed E-state index contributed by atoms with van der Waals surface area (Å²) in [6.07, 6.45) is 1.60. The Kier molecular flexibility index (Phi) is 3.54. The van der Waals surface area contributed by atoms with Crippen molar-refractivity contribution in [3.8, 4) is 0 Å². The molecule has 2 aromatic rings. The largest absolute Gasteiger partial charge is 0.261 e. The summed E-state index contributed by atoms with van der Waals surface area (Å²) in [5, 5.41) is 0.886. The van der Waals surface area contributed by atoms with E-state index in [1.54, 1.807) is 18.3 Å². The van der Waals surface area contributed by atoms with Crippen LogP contribution in [0.15, 0.2) is 41.4 Å². The second-order valence-corrected chi connectivity index (χ2v) is 5.36. The van der Waals surface area contributed by atoms with Crippen molar-refractivity contribution in [2.24, 2.45) is 0 Å². The van der Waals surface area contributed by atoms with Crippen LogP contribution in [0.3, 0.4) is 0 Å². The zero-order valence-electron chi connectivity index (χ0n) is 7.42. The lowest BCUT2D eigenvalue weighted by atomic mass is 10.2. The summed E-state index contributed by atoms with van der Waals surface area (Å²) in [5.74, 6) is 0. The molecule has 0 radical (unpaired) electrons. The van der Waals surface area contributed by atoms with Gasteiger partial charge in [0.05, 0.1) is 10.4 Å². The van der Waals surface area contributed by atoms with Crippen LogP contribution in [0.25, 0.3) is 10.9 Å². The van der Waals surface area contributed by atoms with E-state index >= 15 is 0 Å². The maximum atomic E-state index is 11.0. The fourth-order valence-corrected chi connectivity index (χ4v) is 1.97. The Morgan fingerprint density at radius 1 is 1.20 bits per heavy atom. The van der Waals surface area contributed by atoms with Gasteiger partial charge in [-0.2, -0.15) is 0 Å². The molecule has 0 amide bonds. The minimum absolute atomic E-state index is 0. The first-order valence-electron chi connectivity index (χ1n) is 3.87. The maximum absolute atomic E-state index is 11.0. The molecule has 1 heterocycles. The topological polar surface area (TPSA) is 47.0 Å². The highest BCUT2D eigenvalue weighted by Crippen LogP contribution is 2.19. The van der Waals surface area contributed by atoms with E-state index in [2.05, 4.69) is 4.98 Å². The molecule has 6 heteroatoms. The molecular formula is C9H7Cl2NO2S. The highest BCUT2D eigenvalue weighted by atomic mass is 35.7. The van der Waals surface area contributed by atoms with Gasteiger partial charge >= 0.3 is 0 Å². The molecule has 0 unspecified atom stereocenters. The Morgan fingerprint density at radius 3 is 2.60 bits per heavy atom. The summed E-state index contributed by atoms with van der Waals surface area (Å²) in [7, 11) is 1.54. The number of nitrogens with zero attached hydrogens (tertiary/aromatic N) is 1. The summed E-state index contributed by atoms with van der Waals surface area (Å²) in [6, 6.07) is 8.24. The third-order valence-corrected chi connectivity index (χ3v) is 3.21. The number of hydrogen-bond donors (Lipinski definition) is 0. The van der Waals surface area contributed by atoms with Gasteiger partial charge in [-0.1, -0.05) is 12.1 Å². The predicted molar refractivity (Wildman–Crippen MR) is 62.0 cm³/mol. The van der Waals surface area contributed by atoms with E-state index in [-0.39, 0.29) is 17.3 Å². The zero-order chi connectivity index (χ0) is 10.2. The molecule has 3 nitrogen and oxygen atoms in total. The van der Waals surface area contributed by atoms with Crippen LogP contribution in [0.1, 0.15) is 0 Å². The second kappa shape index (κ2) is 4.35. The van der Waals surface area contributed by atoms with Crippen molar-refractivity contribution < 1.29 is 8.42 Å². The van der Waals surface area contributed by atoms with Crippen LogP contribution in [0.5, 0.6) is 0 Å². The first-order chi connectivity index (χ1) is 6.57. The van der Waals surface area contributed by atoms with E-state index in [0.717, 1.165) is 5.39 Å². The van der Waals surface area contributed by atoms with Gasteiger partial charge in [-0.25, -0.2) is 8.42 Å². The molecule has 1 aromatic heterocycles. The molecule has 0 N–H and O–H groups in total. The van der Waals surface area contributed by atoms with Crippen LogP contribution in [-0.2, 0) is 9.05 Å². The Labute approximate surface area is 97.9 Å². The molecule has 1 aromatic carbocycles. The summed E-state index contributed by atoms with van der Waals surface area (Å²) in [5.41, 5.74) is 0.620. The fraction of sp³-hybridized carbons (Fsp3) is 0. The van der Waals surface area contributed by atoms with Crippen LogP contribution in [0.4, 0.5) is 0 Å². The van der Waals surface area contributed by atoms with Crippen LogP contribution < -0.4 is 0 Å². The molecule has 0 atom stereocenters. The monoisotopic (exact) mass is 263 g/mol. The number of pyridine rings is 1. The Balaban J connectivity index is 0.00000112. The van der Waals surface area contributed by atoms with Crippen molar-refractivity contribution in [2.45, 2.75) is 4.90 Å². The van der Waals surface area contributed by atoms with Gasteiger partial charge in [0.2, 0.25) is 0 Å². The summed E-state index contributed by atoms with van der Waals surface area (Å²) in [4.78, 5) is 4.11. The van der Waals surface area contributed by atoms with Crippen LogP contribution in [-0.4, -0.2) is 13.4 Å². The lowest BCUT2D eigenvalue weighted by Gasteiger charge is -1.98. The molecule has 0 aliphatic rings. The van der Waals surface area contributed by atoms with Gasteiger partial charge in [0.1, 0.15) is 0 Å². The molecule has 0 bridgehead atoms. The average molecular weight is 264 g/mol. The highest BCUT2D eigenvalue weighted by molar-refractivity contribution is 8.13. The molecular weight excluding hydrogens is 257 g/mol. The van der Waals surface area contributed by atoms with Crippen LogP contribution >= 0.6 is 23.1 Å². The van der Waals surface area contributed by atoms with E-state index in [9.17, 15) is 8.42 Å². The van der Waals surface area contributed by atoms with E-state index in [1.807, 2.05) is 6.07 Å². The third kappa shape index (κ3) is 2.59. The van der Waals surface area contributed by atoms with Crippen LogP contribution in [0.2, 0.25) is 0 Å². The van der Waals surface area contributed by atoms with E-state index in [4.69, 9.17) is 10.7 Å². The van der Waals surface area contributed by atoms with Crippen molar-refractivity contribution in [3.05, 3.63) is 36.5 Å². The molecule has 2 rings (SSSR count). The second-order valence-electron chi connectivity index (χ2n) is 2.80. The van der Waals surface area contributed by atoms with E-state index in [1.165, 1.54) is 12.1 Å². The number of benzene rings is 1. The molecule has 0 fully saturated rings. The smallest absolute Gasteiger partial charge is 0.256 e. The fourth-order valence-electron chi connectivity index (χ4n) is 1.20. The predicted octanol–water partition coefficient (Wildman–Crippen LogP) is 2.58. The molecule has 0 saturated heterocycles. The number of rotatable bonds is 1. The lowest BCUT2D eigenvalue weighted by Crippen LogP contribution is -1.90. The minimum atomic E-state index is -3.66. The first-order valence-corrected chi connectivity index (χ1v) is 6.18. The van der Waals surface area contributed by atoms with Crippen molar-refractivity contribution in [1.82, 2.24) is 4.98 Å². The third-order valence-electron chi connectivity index (χ3n) is 1.86. The van der Waals surface area contributed by atoms with Gasteiger partial charge in [-0.05, 0) is 18.2 Å². The molecule has 0 saturated carbocycles. The van der Waals surface area contributed by atoms with Gasteiger partial charge in [0.15, 0.2) is 0 Å². The summed E-state index contributed by atoms with van der Waals surface area (Å²) < 4.78 is 22.0. The standard InChI is InChI=1S/C9H6ClNO2S.ClH/c10-14(12,13)8-4-3-7-2-1-5-11-9(7)6-8;/h1-6H;1H. The van der Waals surface area contributed by atoms with E-state index in [0.29, 0.717) is 5.52 Å². The Bertz CT molecular complexity index is 583. The molecule has 0 aliphatic carbocycles. The molecule has 80 valence electrons. The number of halogens is 2. The zero-order valence-corrected chi connectivity index (χ0v) is 9.81. The Morgan fingerprint density at radius 2 is 1.93 bits per heavy atom. The van der Waals surface area contributed by atoms with Gasteiger partial charge < -0.3 is 0 Å². The molecule has 0 aliphatic heterocycles. The average Bonchev–Trinajstić information content (AvgIpc) is 2.16. The highest BCUT2D eigenvalue weighted by Gasteiger charge is 2.09. The van der Waals surface area contributed by atoms with Gasteiger partial charge in [0.25, 0.3) is 9.05 Å². The van der Waals surface area contributed by atoms with Crippen molar-refractivity contribution >= 4 is 43.0 Å². The number of hydrogen-bond acceptors (Lipinski definition) is 3. The van der Waals surface area contributed by atoms with Crippen molar-refractivity contribution in [2.75, 3.05) is 0 Å². The quantitative estimate of drug-likeness (QED) is 0.744. The number of fused-ring (bicyclic) bond motifs is 1. The van der Waals surface area contributed by atoms with Crippen molar-refractivity contribution in [3.63, 3.8) is 0 Å². The summed E-state index contributed by atoms with van der Waals surface area (Å²) in [6.45, 7) is 0. The lowest BCUT2D eigenvalue weighted by molar-refractivity contribution is 0.609. The summed E-state index contributed by atoms with van der Waals surface area (Å²) >= 11 is 0. The van der Waals surface area contributed by atoms with Gasteiger partial charge in [0, 0.05) is 22.3 Å². The van der Waals surface area contributed by atoms with Crippen molar-refractivity contribution in [1.29, 1.82) is 0 Å². The minimum Gasteiger partial charge on any atom is -0.256 e. The molecule has 0 spiro atoms. The molecule has 15 heavy (non-hydrogen) atoms. The normalized spacial score (nSPS) is 11.0. The maximum Gasteiger partial charge on any atom is 0.261 e. The Hall–Kier alpha value is -0.840. The first kappa shape index (κ1) is 12.2. The van der Waals surface area contributed by atoms with Crippen LogP contribution in [0, 0.1) is 0 Å². The van der Waals surface area contributed by atoms with E-state index < -0.39 is 9.05 Å². The van der Waals surface area contributed by atoms with Gasteiger partial charge in [-0.3, -0.25) is 4.98 Å². The van der Waals surface area contributed by atoms with Gasteiger partial charge in [-0.15, -0.1) is 12.4 Å².